The number of nitrogens with two attached hydrogens (primary N) is 1. The predicted octanol–water partition coefficient (Wildman–Crippen LogP) is -0.219. The van der Waals surface area contributed by atoms with Gasteiger partial charge >= 0.3 is 0 Å². The number of nitrogens with zero attached hydrogens (tertiary/aromatic N) is 2. The molecule has 1 aromatic rings. The van der Waals surface area contributed by atoms with Crippen LogP contribution in [0.2, 0.25) is 0 Å². The fourth-order valence-electron chi connectivity index (χ4n) is 0.571. The van der Waals surface area contributed by atoms with Gasteiger partial charge in [0.1, 0.15) is 0 Å². The number of nitrogens with one attached hydrogen (secondary N) is 2. The summed E-state index contributed by atoms with van der Waals surface area (Å²) in [5.74, 6) is 8.26. The fraction of sp³-hybridized carbons (Fsp3) is 0.200. The summed E-state index contributed by atoms with van der Waals surface area (Å²) in [6.07, 6.45) is 5.02. The average molecular weight is 169 g/mol. The molecule has 4 N–H and O–H groups in total. The molecule has 0 radical (unpaired) electrons. The Morgan fingerprint density at radius 2 is 2.45 bits per heavy atom. The molecule has 0 aliphatic rings. The van der Waals surface area contributed by atoms with E-state index < -0.39 is 0 Å². The maximum Gasteiger partial charge on any atom is 0.235 e. The van der Waals surface area contributed by atoms with E-state index in [1.807, 2.05) is 0 Å². The molecule has 0 aliphatic heterocycles. The summed E-state index contributed by atoms with van der Waals surface area (Å²) >= 11 is 4.70. The van der Waals surface area contributed by atoms with Gasteiger partial charge in [0.15, 0.2) is 0 Å². The van der Waals surface area contributed by atoms with Gasteiger partial charge in [-0.15, -0.1) is 6.42 Å². The Kier molecular flexibility index (Phi) is 2.25. The zero-order chi connectivity index (χ0) is 8.27. The number of H-pyrrole nitrogens is 2. The number of terminal acetylenes is 1. The monoisotopic (exact) mass is 169 g/mol. The Morgan fingerprint density at radius 3 is 2.91 bits per heavy atom. The van der Waals surface area contributed by atoms with Gasteiger partial charge in [0.05, 0.1) is 6.54 Å². The number of hydrazine groups is 1. The molecule has 0 unspecified atom stereocenters. The van der Waals surface area contributed by atoms with Gasteiger partial charge in [-0.25, -0.2) is 5.84 Å². The van der Waals surface area contributed by atoms with Crippen molar-refractivity contribution in [3.8, 4) is 12.3 Å². The van der Waals surface area contributed by atoms with E-state index in [0.717, 1.165) is 0 Å². The first-order valence-electron chi connectivity index (χ1n) is 2.84. The minimum atomic E-state index is 0.288. The van der Waals surface area contributed by atoms with Gasteiger partial charge in [0.2, 0.25) is 10.7 Å². The topological polar surface area (TPSA) is 73.7 Å². The van der Waals surface area contributed by atoms with Crippen molar-refractivity contribution in [3.63, 3.8) is 0 Å². The first kappa shape index (κ1) is 7.78. The van der Waals surface area contributed by atoms with Gasteiger partial charge in [-0.1, -0.05) is 5.92 Å². The molecule has 0 aromatic carbocycles. The number of aromatic amines is 2. The number of anilines is 1. The summed E-state index contributed by atoms with van der Waals surface area (Å²) in [5, 5.41) is 6.54. The lowest BCUT2D eigenvalue weighted by atomic mass is 10.6. The van der Waals surface area contributed by atoms with Crippen LogP contribution in [0.5, 0.6) is 0 Å². The van der Waals surface area contributed by atoms with Gasteiger partial charge in [0, 0.05) is 0 Å². The minimum Gasteiger partial charge on any atom is -0.272 e. The van der Waals surface area contributed by atoms with Crippen LogP contribution in [0, 0.1) is 17.1 Å². The van der Waals surface area contributed by atoms with Gasteiger partial charge in [-0.2, -0.15) is 4.98 Å². The zero-order valence-corrected chi connectivity index (χ0v) is 6.48. The second-order valence-corrected chi connectivity index (χ2v) is 2.21. The van der Waals surface area contributed by atoms with Crippen LogP contribution < -0.4 is 10.9 Å². The van der Waals surface area contributed by atoms with E-state index in [0.29, 0.717) is 10.7 Å². The smallest absolute Gasteiger partial charge is 0.235 e. The Morgan fingerprint density at radius 1 is 1.73 bits per heavy atom. The van der Waals surface area contributed by atoms with Crippen LogP contribution in [0.4, 0.5) is 5.95 Å². The van der Waals surface area contributed by atoms with Crippen LogP contribution in [-0.4, -0.2) is 21.7 Å². The van der Waals surface area contributed by atoms with Crippen LogP contribution in [0.25, 0.3) is 0 Å². The molecule has 0 saturated heterocycles. The molecular weight excluding hydrogens is 162 g/mol. The second kappa shape index (κ2) is 3.18. The highest BCUT2D eigenvalue weighted by Crippen LogP contribution is 1.97. The quantitative estimate of drug-likeness (QED) is 0.248. The third kappa shape index (κ3) is 1.80. The Labute approximate surface area is 68.6 Å². The molecule has 5 nitrogen and oxygen atoms in total. The normalized spacial score (nSPS) is 9.09. The molecule has 0 spiro atoms. The van der Waals surface area contributed by atoms with Crippen molar-refractivity contribution in [2.24, 2.45) is 5.84 Å². The number of aromatic nitrogens is 3. The standard InChI is InChI=1S/C5H7N5S/c1-2-3-10(6)4-7-5(11)9-8-4/h1H,3,6H2,(H2,7,8,9,11). The highest BCUT2D eigenvalue weighted by Gasteiger charge is 2.00. The van der Waals surface area contributed by atoms with Crippen molar-refractivity contribution in [3.05, 3.63) is 4.77 Å². The lowest BCUT2D eigenvalue weighted by molar-refractivity contribution is 0.890. The number of rotatable bonds is 2. The van der Waals surface area contributed by atoms with Gasteiger partial charge in [-0.05, 0) is 12.2 Å². The first-order valence-corrected chi connectivity index (χ1v) is 3.25. The summed E-state index contributed by atoms with van der Waals surface area (Å²) in [6, 6.07) is 0. The minimum absolute atomic E-state index is 0.288. The highest BCUT2D eigenvalue weighted by atomic mass is 32.1. The van der Waals surface area contributed by atoms with Crippen molar-refractivity contribution in [1.29, 1.82) is 0 Å². The van der Waals surface area contributed by atoms with Crippen molar-refractivity contribution in [2.45, 2.75) is 0 Å². The molecule has 1 rings (SSSR count). The molecular formula is C5H7N5S. The molecule has 6 heteroatoms. The molecule has 0 fully saturated rings. The Hall–Kier alpha value is -1.32. The molecule has 1 aromatic heterocycles. The highest BCUT2D eigenvalue weighted by molar-refractivity contribution is 7.71. The lowest BCUT2D eigenvalue weighted by Crippen LogP contribution is -2.32. The molecule has 0 aliphatic carbocycles. The van der Waals surface area contributed by atoms with Crippen LogP contribution in [0.1, 0.15) is 0 Å². The van der Waals surface area contributed by atoms with Crippen molar-refractivity contribution in [1.82, 2.24) is 15.2 Å². The largest absolute Gasteiger partial charge is 0.272 e. The third-order valence-electron chi connectivity index (χ3n) is 1.02. The Bertz CT molecular complexity index is 318. The summed E-state index contributed by atoms with van der Waals surface area (Å²) in [5.41, 5.74) is 0. The molecule has 11 heavy (non-hydrogen) atoms. The van der Waals surface area contributed by atoms with Crippen LogP contribution in [0.3, 0.4) is 0 Å². The van der Waals surface area contributed by atoms with Crippen LogP contribution in [0.15, 0.2) is 0 Å². The van der Waals surface area contributed by atoms with Gasteiger partial charge in [-0.3, -0.25) is 15.2 Å². The van der Waals surface area contributed by atoms with Crippen molar-refractivity contribution >= 4 is 18.2 Å². The maximum absolute atomic E-state index is 5.45. The third-order valence-corrected chi connectivity index (χ3v) is 1.22. The molecule has 0 atom stereocenters. The Balaban J connectivity index is 2.78. The summed E-state index contributed by atoms with van der Waals surface area (Å²) < 4.78 is 0.354. The second-order valence-electron chi connectivity index (χ2n) is 1.82. The van der Waals surface area contributed by atoms with Crippen LogP contribution >= 0.6 is 12.2 Å². The summed E-state index contributed by atoms with van der Waals surface area (Å²) in [6.45, 7) is 0.288. The summed E-state index contributed by atoms with van der Waals surface area (Å²) in [4.78, 5) is 3.84. The average Bonchev–Trinajstić information content (AvgIpc) is 2.36. The maximum atomic E-state index is 5.45. The summed E-state index contributed by atoms with van der Waals surface area (Å²) in [7, 11) is 0. The van der Waals surface area contributed by atoms with E-state index >= 15 is 0 Å². The number of hydrogen-bond donors (Lipinski definition) is 3. The SMILES string of the molecule is C#CCN(N)c1nc(=S)[nH][nH]1. The van der Waals surface area contributed by atoms with Crippen molar-refractivity contribution < 1.29 is 0 Å². The molecule has 0 saturated carbocycles. The van der Waals surface area contributed by atoms with Gasteiger partial charge in [0.25, 0.3) is 0 Å². The van der Waals surface area contributed by atoms with E-state index in [-0.39, 0.29) is 6.54 Å². The van der Waals surface area contributed by atoms with E-state index in [1.54, 1.807) is 0 Å². The van der Waals surface area contributed by atoms with Crippen molar-refractivity contribution in [2.75, 3.05) is 11.6 Å². The molecule has 58 valence electrons. The zero-order valence-electron chi connectivity index (χ0n) is 5.66. The fourth-order valence-corrected chi connectivity index (χ4v) is 0.708. The lowest BCUT2D eigenvalue weighted by Gasteiger charge is -2.09. The first-order chi connectivity index (χ1) is 5.24. The molecule has 0 bridgehead atoms. The van der Waals surface area contributed by atoms with E-state index in [1.165, 1.54) is 5.01 Å². The van der Waals surface area contributed by atoms with E-state index in [9.17, 15) is 0 Å². The molecule has 0 amide bonds. The van der Waals surface area contributed by atoms with Gasteiger partial charge < -0.3 is 0 Å². The van der Waals surface area contributed by atoms with Crippen LogP contribution in [-0.2, 0) is 0 Å². The predicted molar refractivity (Wildman–Crippen MR) is 44.1 cm³/mol. The van der Waals surface area contributed by atoms with E-state index in [2.05, 4.69) is 21.1 Å². The molecule has 1 heterocycles. The van der Waals surface area contributed by atoms with E-state index in [4.69, 9.17) is 24.5 Å². The number of hydrogen-bond acceptors (Lipinski definition) is 4.